The highest BCUT2D eigenvalue weighted by molar-refractivity contribution is 5.78. The fourth-order valence-electron chi connectivity index (χ4n) is 2.99. The van der Waals surface area contributed by atoms with E-state index in [-0.39, 0.29) is 17.9 Å². The highest BCUT2D eigenvalue weighted by atomic mass is 16.1. The summed E-state index contributed by atoms with van der Waals surface area (Å²) in [5.41, 5.74) is 6.93. The molecule has 3 N–H and O–H groups in total. The van der Waals surface area contributed by atoms with Gasteiger partial charge < -0.3 is 11.1 Å². The first-order valence-corrected chi connectivity index (χ1v) is 8.03. The lowest BCUT2D eigenvalue weighted by Crippen LogP contribution is -2.40. The average molecular weight is 289 g/mol. The molecule has 1 saturated heterocycles. The van der Waals surface area contributed by atoms with Crippen LogP contribution in [-0.4, -0.2) is 37.0 Å². The summed E-state index contributed by atoms with van der Waals surface area (Å²) in [6, 6.07) is 10.7. The Hall–Kier alpha value is -1.39. The number of carbonyl (C=O) groups is 1. The van der Waals surface area contributed by atoms with E-state index < -0.39 is 0 Å². The van der Waals surface area contributed by atoms with Gasteiger partial charge in [-0.15, -0.1) is 0 Å². The van der Waals surface area contributed by atoms with E-state index in [0.29, 0.717) is 13.1 Å². The molecule has 0 spiro atoms. The molecule has 0 aromatic heterocycles. The van der Waals surface area contributed by atoms with E-state index in [9.17, 15) is 4.79 Å². The summed E-state index contributed by atoms with van der Waals surface area (Å²) in [5, 5.41) is 3.10. The van der Waals surface area contributed by atoms with Crippen molar-refractivity contribution in [1.29, 1.82) is 0 Å². The number of rotatable bonds is 7. The Labute approximate surface area is 127 Å². The molecule has 1 aromatic rings. The van der Waals surface area contributed by atoms with Gasteiger partial charge in [-0.05, 0) is 37.9 Å². The van der Waals surface area contributed by atoms with Gasteiger partial charge in [-0.1, -0.05) is 37.3 Å². The van der Waals surface area contributed by atoms with E-state index in [0.717, 1.165) is 19.5 Å². The Bertz CT molecular complexity index is 425. The van der Waals surface area contributed by atoms with E-state index in [2.05, 4.69) is 34.5 Å². The summed E-state index contributed by atoms with van der Waals surface area (Å²) >= 11 is 0. The third-order valence-electron chi connectivity index (χ3n) is 4.38. The SMILES string of the molecule is CCC(CN)C(=O)NCC(c1ccccc1)N1CCCC1. The molecule has 4 heteroatoms. The van der Waals surface area contributed by atoms with Gasteiger partial charge in [-0.2, -0.15) is 0 Å². The maximum absolute atomic E-state index is 12.1. The van der Waals surface area contributed by atoms with Crippen LogP contribution >= 0.6 is 0 Å². The number of nitrogens with zero attached hydrogens (tertiary/aromatic N) is 1. The fraction of sp³-hybridized carbons (Fsp3) is 0.588. The van der Waals surface area contributed by atoms with Gasteiger partial charge >= 0.3 is 0 Å². The van der Waals surface area contributed by atoms with Crippen LogP contribution in [0.4, 0.5) is 0 Å². The van der Waals surface area contributed by atoms with E-state index in [1.807, 2.05) is 13.0 Å². The highest BCUT2D eigenvalue weighted by Crippen LogP contribution is 2.24. The number of nitrogens with one attached hydrogen (secondary N) is 1. The van der Waals surface area contributed by atoms with Crippen molar-refractivity contribution in [3.8, 4) is 0 Å². The van der Waals surface area contributed by atoms with Crippen molar-refractivity contribution in [3.63, 3.8) is 0 Å². The summed E-state index contributed by atoms with van der Waals surface area (Å²) < 4.78 is 0. The standard InChI is InChI=1S/C17H27N3O/c1-2-14(12-18)17(21)19-13-16(20-10-6-7-11-20)15-8-4-3-5-9-15/h3-5,8-9,14,16H,2,6-7,10-13,18H2,1H3,(H,19,21). The number of amides is 1. The summed E-state index contributed by atoms with van der Waals surface area (Å²) in [5.74, 6) is 0.0140. The van der Waals surface area contributed by atoms with Crippen molar-refractivity contribution in [2.45, 2.75) is 32.2 Å². The zero-order chi connectivity index (χ0) is 15.1. The van der Waals surface area contributed by atoms with Crippen LogP contribution in [0.25, 0.3) is 0 Å². The quantitative estimate of drug-likeness (QED) is 0.806. The normalized spacial score (nSPS) is 18.4. The van der Waals surface area contributed by atoms with Crippen LogP contribution < -0.4 is 11.1 Å². The Morgan fingerprint density at radius 3 is 2.52 bits per heavy atom. The number of hydrogen-bond donors (Lipinski definition) is 2. The molecule has 1 aliphatic rings. The van der Waals surface area contributed by atoms with Crippen molar-refractivity contribution in [1.82, 2.24) is 10.2 Å². The molecule has 1 heterocycles. The zero-order valence-electron chi connectivity index (χ0n) is 12.9. The molecule has 1 aliphatic heterocycles. The van der Waals surface area contributed by atoms with E-state index in [1.54, 1.807) is 0 Å². The second-order valence-corrected chi connectivity index (χ2v) is 5.76. The molecule has 1 aromatic carbocycles. The number of likely N-dealkylation sites (tertiary alicyclic amines) is 1. The summed E-state index contributed by atoms with van der Waals surface area (Å²) in [7, 11) is 0. The van der Waals surface area contributed by atoms with Crippen LogP contribution in [0, 0.1) is 5.92 Å². The lowest BCUT2D eigenvalue weighted by molar-refractivity contribution is -0.125. The smallest absolute Gasteiger partial charge is 0.224 e. The van der Waals surface area contributed by atoms with Crippen molar-refractivity contribution in [3.05, 3.63) is 35.9 Å². The van der Waals surface area contributed by atoms with Crippen molar-refractivity contribution < 1.29 is 4.79 Å². The molecule has 2 unspecified atom stereocenters. The fourth-order valence-corrected chi connectivity index (χ4v) is 2.99. The topological polar surface area (TPSA) is 58.4 Å². The maximum Gasteiger partial charge on any atom is 0.224 e. The molecule has 0 saturated carbocycles. The Morgan fingerprint density at radius 1 is 1.29 bits per heavy atom. The molecule has 116 valence electrons. The molecule has 0 radical (unpaired) electrons. The van der Waals surface area contributed by atoms with Gasteiger partial charge in [0.1, 0.15) is 0 Å². The zero-order valence-corrected chi connectivity index (χ0v) is 12.9. The van der Waals surface area contributed by atoms with Crippen LogP contribution in [0.15, 0.2) is 30.3 Å². The Balaban J connectivity index is 2.01. The monoisotopic (exact) mass is 289 g/mol. The number of hydrogen-bond acceptors (Lipinski definition) is 3. The van der Waals surface area contributed by atoms with Gasteiger partial charge in [0, 0.05) is 19.0 Å². The molecule has 1 amide bonds. The predicted molar refractivity (Wildman–Crippen MR) is 85.8 cm³/mol. The second kappa shape index (κ2) is 8.15. The molecule has 2 atom stereocenters. The van der Waals surface area contributed by atoms with Gasteiger partial charge in [0.15, 0.2) is 0 Å². The summed E-state index contributed by atoms with van der Waals surface area (Å²) in [4.78, 5) is 14.6. The highest BCUT2D eigenvalue weighted by Gasteiger charge is 2.24. The third-order valence-corrected chi connectivity index (χ3v) is 4.38. The molecule has 0 aliphatic carbocycles. The predicted octanol–water partition coefficient (Wildman–Crippen LogP) is 1.92. The van der Waals surface area contributed by atoms with E-state index in [4.69, 9.17) is 5.73 Å². The van der Waals surface area contributed by atoms with E-state index >= 15 is 0 Å². The average Bonchev–Trinajstić information content (AvgIpc) is 3.04. The third kappa shape index (κ3) is 4.29. The van der Waals surface area contributed by atoms with Gasteiger partial charge in [-0.3, -0.25) is 9.69 Å². The first kappa shape index (κ1) is 16.0. The van der Waals surface area contributed by atoms with Crippen molar-refractivity contribution in [2.75, 3.05) is 26.2 Å². The van der Waals surface area contributed by atoms with Gasteiger partial charge in [0.2, 0.25) is 5.91 Å². The van der Waals surface area contributed by atoms with Gasteiger partial charge in [0.25, 0.3) is 0 Å². The van der Waals surface area contributed by atoms with Gasteiger partial charge in [0.05, 0.1) is 6.04 Å². The number of nitrogens with two attached hydrogens (primary N) is 1. The Kier molecular flexibility index (Phi) is 6.21. The van der Waals surface area contributed by atoms with Gasteiger partial charge in [-0.25, -0.2) is 0 Å². The van der Waals surface area contributed by atoms with Crippen molar-refractivity contribution >= 4 is 5.91 Å². The minimum absolute atomic E-state index is 0.0694. The van der Waals surface area contributed by atoms with Crippen LogP contribution in [0.5, 0.6) is 0 Å². The summed E-state index contributed by atoms with van der Waals surface area (Å²) in [6.45, 7) is 5.32. The maximum atomic E-state index is 12.1. The Morgan fingerprint density at radius 2 is 1.95 bits per heavy atom. The number of benzene rings is 1. The first-order chi connectivity index (χ1) is 10.3. The molecule has 0 bridgehead atoms. The molecule has 2 rings (SSSR count). The van der Waals surface area contributed by atoms with Crippen LogP contribution in [0.3, 0.4) is 0 Å². The van der Waals surface area contributed by atoms with E-state index in [1.165, 1.54) is 18.4 Å². The largest absolute Gasteiger partial charge is 0.354 e. The molecular formula is C17H27N3O. The molecule has 4 nitrogen and oxygen atoms in total. The van der Waals surface area contributed by atoms with Crippen LogP contribution in [0.1, 0.15) is 37.8 Å². The minimum atomic E-state index is -0.0694. The molecule has 21 heavy (non-hydrogen) atoms. The second-order valence-electron chi connectivity index (χ2n) is 5.76. The van der Waals surface area contributed by atoms with Crippen LogP contribution in [0.2, 0.25) is 0 Å². The van der Waals surface area contributed by atoms with Crippen molar-refractivity contribution in [2.24, 2.45) is 11.7 Å². The van der Waals surface area contributed by atoms with Crippen LogP contribution in [-0.2, 0) is 4.79 Å². The number of carbonyl (C=O) groups excluding carboxylic acids is 1. The lowest BCUT2D eigenvalue weighted by atomic mass is 10.0. The summed E-state index contributed by atoms with van der Waals surface area (Å²) in [6.07, 6.45) is 3.29. The molecular weight excluding hydrogens is 262 g/mol. The minimum Gasteiger partial charge on any atom is -0.354 e. The lowest BCUT2D eigenvalue weighted by Gasteiger charge is -2.28. The molecule has 1 fully saturated rings. The first-order valence-electron chi connectivity index (χ1n) is 8.03.